The molecule has 0 radical (unpaired) electrons. The summed E-state index contributed by atoms with van der Waals surface area (Å²) in [7, 11) is 0. The molecule has 1 aliphatic heterocycles. The highest BCUT2D eigenvalue weighted by atomic mass is 79.9. The molecule has 0 atom stereocenters. The van der Waals surface area contributed by atoms with Crippen LogP contribution in [0.1, 0.15) is 36.8 Å². The van der Waals surface area contributed by atoms with E-state index in [0.29, 0.717) is 16.5 Å². The van der Waals surface area contributed by atoms with Gasteiger partial charge in [0.05, 0.1) is 22.1 Å². The van der Waals surface area contributed by atoms with Crippen LogP contribution in [0.15, 0.2) is 40.9 Å². The standard InChI is InChI=1S/C19H12BrN3O6/c20-9-4-5-13-12(8-9)10(16(21-13)19(26)27)6-7-22-17(24)11-2-1-3-14(23(28)29)15(11)18(22)25/h1-5,8,21H,6-7H2,(H,26,27)/p-1. The predicted octanol–water partition coefficient (Wildman–Crippen LogP) is 2.04. The molecule has 2 amide bonds. The number of carboxylic acid groups (broad SMARTS) is 1. The van der Waals surface area contributed by atoms with Crippen molar-refractivity contribution in [3.63, 3.8) is 0 Å². The maximum Gasteiger partial charge on any atom is 0.282 e. The van der Waals surface area contributed by atoms with Crippen LogP contribution in [0, 0.1) is 10.1 Å². The zero-order valence-electron chi connectivity index (χ0n) is 14.6. The summed E-state index contributed by atoms with van der Waals surface area (Å²) in [4.78, 5) is 51.0. The van der Waals surface area contributed by atoms with Gasteiger partial charge in [-0.15, -0.1) is 0 Å². The molecule has 9 nitrogen and oxygen atoms in total. The van der Waals surface area contributed by atoms with Crippen molar-refractivity contribution in [1.82, 2.24) is 9.88 Å². The average molecular weight is 457 g/mol. The normalized spacial score (nSPS) is 13.2. The van der Waals surface area contributed by atoms with E-state index in [-0.39, 0.29) is 29.8 Å². The average Bonchev–Trinajstić information content (AvgIpc) is 3.16. The van der Waals surface area contributed by atoms with Crippen molar-refractivity contribution in [3.05, 3.63) is 73.4 Å². The second kappa shape index (κ2) is 6.82. The van der Waals surface area contributed by atoms with Gasteiger partial charge in [-0.1, -0.05) is 22.0 Å². The minimum absolute atomic E-state index is 0.0361. The van der Waals surface area contributed by atoms with Crippen LogP contribution in [0.2, 0.25) is 0 Å². The Labute approximate surface area is 171 Å². The number of halogens is 1. The molecule has 29 heavy (non-hydrogen) atoms. The van der Waals surface area contributed by atoms with E-state index in [1.54, 1.807) is 18.2 Å². The molecular formula is C19H11BrN3O6-. The smallest absolute Gasteiger partial charge is 0.282 e. The van der Waals surface area contributed by atoms with Crippen molar-refractivity contribution in [3.8, 4) is 0 Å². The highest BCUT2D eigenvalue weighted by Crippen LogP contribution is 2.32. The second-order valence-corrected chi connectivity index (χ2v) is 7.34. The molecule has 3 aromatic rings. The Balaban J connectivity index is 1.69. The van der Waals surface area contributed by atoms with Crippen LogP contribution in [-0.2, 0) is 6.42 Å². The van der Waals surface area contributed by atoms with Crippen LogP contribution < -0.4 is 5.11 Å². The number of carbonyl (C=O) groups is 3. The van der Waals surface area contributed by atoms with E-state index in [2.05, 4.69) is 20.9 Å². The molecule has 0 saturated heterocycles. The van der Waals surface area contributed by atoms with Crippen molar-refractivity contribution >= 4 is 50.3 Å². The molecule has 0 fully saturated rings. The number of aromatic amines is 1. The van der Waals surface area contributed by atoms with Crippen molar-refractivity contribution in [2.24, 2.45) is 0 Å². The van der Waals surface area contributed by atoms with Gasteiger partial charge in [0.2, 0.25) is 0 Å². The molecule has 0 aliphatic carbocycles. The fraction of sp³-hybridized carbons (Fsp3) is 0.105. The number of rotatable bonds is 5. The number of nitro benzene ring substituents is 1. The number of H-pyrrole nitrogens is 1. The third kappa shape index (κ3) is 2.97. The van der Waals surface area contributed by atoms with Crippen molar-refractivity contribution < 1.29 is 24.4 Å². The monoisotopic (exact) mass is 456 g/mol. The molecular weight excluding hydrogens is 446 g/mol. The van der Waals surface area contributed by atoms with Gasteiger partial charge in [-0.05, 0) is 36.2 Å². The lowest BCUT2D eigenvalue weighted by molar-refractivity contribution is -0.385. The number of aromatic carboxylic acids is 1. The van der Waals surface area contributed by atoms with E-state index < -0.39 is 28.4 Å². The first-order chi connectivity index (χ1) is 13.8. The molecule has 2 heterocycles. The number of hydrogen-bond acceptors (Lipinski definition) is 6. The summed E-state index contributed by atoms with van der Waals surface area (Å²) in [6.07, 6.45) is 0.0407. The Bertz CT molecular complexity index is 1230. The number of nitrogens with zero attached hydrogens (tertiary/aromatic N) is 2. The van der Waals surface area contributed by atoms with Crippen LogP contribution in [0.5, 0.6) is 0 Å². The van der Waals surface area contributed by atoms with Crippen LogP contribution in [0.25, 0.3) is 10.9 Å². The number of aromatic nitrogens is 1. The number of benzene rings is 2. The molecule has 0 unspecified atom stereocenters. The second-order valence-electron chi connectivity index (χ2n) is 6.42. The number of nitrogens with one attached hydrogen (secondary N) is 1. The molecule has 146 valence electrons. The van der Waals surface area contributed by atoms with Gasteiger partial charge in [0.25, 0.3) is 17.5 Å². The zero-order chi connectivity index (χ0) is 20.9. The number of imide groups is 1. The number of carbonyl (C=O) groups excluding carboxylic acids is 3. The van der Waals surface area contributed by atoms with Gasteiger partial charge in [0, 0.05) is 28.0 Å². The molecule has 0 bridgehead atoms. The Morgan fingerprint density at radius 1 is 1.17 bits per heavy atom. The summed E-state index contributed by atoms with van der Waals surface area (Å²) in [5.41, 5.74) is 0.0959. The van der Waals surface area contributed by atoms with E-state index in [9.17, 15) is 29.6 Å². The number of fused-ring (bicyclic) bond motifs is 2. The lowest BCUT2D eigenvalue weighted by atomic mass is 10.1. The number of amides is 2. The van der Waals surface area contributed by atoms with E-state index >= 15 is 0 Å². The molecule has 10 heteroatoms. The summed E-state index contributed by atoms with van der Waals surface area (Å²) in [6.45, 7) is -0.136. The lowest BCUT2D eigenvalue weighted by Gasteiger charge is -2.14. The van der Waals surface area contributed by atoms with Gasteiger partial charge in [-0.2, -0.15) is 0 Å². The van der Waals surface area contributed by atoms with Crippen LogP contribution >= 0.6 is 15.9 Å². The predicted molar refractivity (Wildman–Crippen MR) is 102 cm³/mol. The van der Waals surface area contributed by atoms with Gasteiger partial charge >= 0.3 is 0 Å². The van der Waals surface area contributed by atoms with E-state index in [4.69, 9.17) is 0 Å². The van der Waals surface area contributed by atoms with Crippen molar-refractivity contribution in [1.29, 1.82) is 0 Å². The molecule has 1 aliphatic rings. The Hall–Kier alpha value is -3.53. The fourth-order valence-corrected chi connectivity index (χ4v) is 3.91. The van der Waals surface area contributed by atoms with Crippen LogP contribution in [-0.4, -0.2) is 39.1 Å². The van der Waals surface area contributed by atoms with Gasteiger partial charge in [0.1, 0.15) is 5.56 Å². The summed E-state index contributed by atoms with van der Waals surface area (Å²) in [6, 6.07) is 9.03. The van der Waals surface area contributed by atoms with Crippen LogP contribution in [0.4, 0.5) is 5.69 Å². The molecule has 0 saturated carbocycles. The van der Waals surface area contributed by atoms with Crippen molar-refractivity contribution in [2.75, 3.05) is 6.54 Å². The molecule has 2 aromatic carbocycles. The maximum atomic E-state index is 12.7. The van der Waals surface area contributed by atoms with Gasteiger partial charge in [0.15, 0.2) is 0 Å². The topological polar surface area (TPSA) is 136 Å². The fourth-order valence-electron chi connectivity index (χ4n) is 3.55. The van der Waals surface area contributed by atoms with E-state index in [1.807, 2.05) is 0 Å². The van der Waals surface area contributed by atoms with Crippen LogP contribution in [0.3, 0.4) is 0 Å². The summed E-state index contributed by atoms with van der Waals surface area (Å²) in [5.74, 6) is -2.83. The maximum absolute atomic E-state index is 12.7. The third-order valence-electron chi connectivity index (χ3n) is 4.83. The zero-order valence-corrected chi connectivity index (χ0v) is 16.2. The minimum Gasteiger partial charge on any atom is -0.543 e. The van der Waals surface area contributed by atoms with E-state index in [1.165, 1.54) is 18.2 Å². The van der Waals surface area contributed by atoms with Gasteiger partial charge < -0.3 is 14.9 Å². The quantitative estimate of drug-likeness (QED) is 0.354. The Morgan fingerprint density at radius 2 is 1.93 bits per heavy atom. The molecule has 1 aromatic heterocycles. The molecule has 4 rings (SSSR count). The Morgan fingerprint density at radius 3 is 2.62 bits per heavy atom. The molecule has 0 spiro atoms. The minimum atomic E-state index is -1.41. The number of nitro groups is 1. The first kappa shape index (κ1) is 18.8. The largest absolute Gasteiger partial charge is 0.543 e. The highest BCUT2D eigenvalue weighted by Gasteiger charge is 2.40. The Kier molecular flexibility index (Phi) is 4.42. The number of hydrogen-bond donors (Lipinski definition) is 1. The van der Waals surface area contributed by atoms with Gasteiger partial charge in [-0.25, -0.2) is 0 Å². The first-order valence-electron chi connectivity index (χ1n) is 8.44. The SMILES string of the molecule is O=C([O-])c1[nH]c2ccc(Br)cc2c1CCN1C(=O)c2cccc([N+](=O)[O-])c2C1=O. The molecule has 1 N–H and O–H groups in total. The van der Waals surface area contributed by atoms with Gasteiger partial charge in [-0.3, -0.25) is 24.6 Å². The van der Waals surface area contributed by atoms with Crippen molar-refractivity contribution in [2.45, 2.75) is 6.42 Å². The number of carboxylic acids is 1. The van der Waals surface area contributed by atoms with E-state index in [0.717, 1.165) is 9.37 Å². The summed E-state index contributed by atoms with van der Waals surface area (Å²) < 4.78 is 0.728. The highest BCUT2D eigenvalue weighted by molar-refractivity contribution is 9.10. The first-order valence-corrected chi connectivity index (χ1v) is 9.24. The third-order valence-corrected chi connectivity index (χ3v) is 5.32. The summed E-state index contributed by atoms with van der Waals surface area (Å²) in [5, 5.41) is 23.3. The lowest BCUT2D eigenvalue weighted by Crippen LogP contribution is -2.32. The summed E-state index contributed by atoms with van der Waals surface area (Å²) >= 11 is 3.33.